The van der Waals surface area contributed by atoms with Crippen molar-refractivity contribution in [3.05, 3.63) is 0 Å². The number of esters is 2. The van der Waals surface area contributed by atoms with E-state index in [1.165, 1.54) is 154 Å². The van der Waals surface area contributed by atoms with Crippen LogP contribution in [0, 0.1) is 0 Å². The predicted octanol–water partition coefficient (Wildman–Crippen LogP) is 13.3. The van der Waals surface area contributed by atoms with Crippen LogP contribution in [0.3, 0.4) is 0 Å². The van der Waals surface area contributed by atoms with Crippen molar-refractivity contribution >= 4 is 38.6 Å². The summed E-state index contributed by atoms with van der Waals surface area (Å²) in [5, 5.41) is 0. The molecule has 3 atom stereocenters. The maximum absolute atomic E-state index is 12.7. The van der Waals surface area contributed by atoms with Crippen molar-refractivity contribution in [2.75, 3.05) is 53.8 Å². The van der Waals surface area contributed by atoms with Gasteiger partial charge in [0, 0.05) is 12.8 Å². The second-order valence-corrected chi connectivity index (χ2v) is 20.1. The third-order valence-electron chi connectivity index (χ3n) is 10.1. The maximum Gasteiger partial charge on any atom is 0.472 e. The fourth-order valence-electron chi connectivity index (χ4n) is 6.54. The van der Waals surface area contributed by atoms with Gasteiger partial charge in [0.15, 0.2) is 6.10 Å². The number of quaternary nitrogens is 1. The van der Waals surface area contributed by atoms with Crippen LogP contribution in [-0.2, 0) is 43.5 Å². The van der Waals surface area contributed by atoms with Crippen molar-refractivity contribution in [3.63, 3.8) is 0 Å². The van der Waals surface area contributed by atoms with Gasteiger partial charge in [-0.15, -0.1) is 0 Å². The minimum absolute atomic E-state index is 0.0369. The summed E-state index contributed by atoms with van der Waals surface area (Å²) < 4.78 is 40.9. The average Bonchev–Trinajstić information content (AvgIpc) is 3.15. The first kappa shape index (κ1) is 56.7. The number of rotatable bonds is 42. The van der Waals surface area contributed by atoms with E-state index >= 15 is 0 Å². The summed E-state index contributed by atoms with van der Waals surface area (Å²) in [6.07, 6.45) is 38.9. The zero-order chi connectivity index (χ0) is 43.6. The predicted molar refractivity (Wildman–Crippen MR) is 248 cm³/mol. The van der Waals surface area contributed by atoms with Gasteiger partial charge in [0.1, 0.15) is 20.9 Å². The number of nitrogens with zero attached hydrogens (tertiary/aromatic N) is 1. The van der Waals surface area contributed by atoms with Gasteiger partial charge in [0.2, 0.25) is 0 Å². The average molecular weight is 872 g/mol. The number of thiol groups is 1. The van der Waals surface area contributed by atoms with Crippen LogP contribution in [0.2, 0.25) is 0 Å². The molecule has 0 spiro atoms. The highest BCUT2D eigenvalue weighted by Crippen LogP contribution is 2.43. The molecule has 0 saturated carbocycles. The number of carbonyl (C=O) groups excluding carboxylic acids is 2. The van der Waals surface area contributed by atoms with Gasteiger partial charge in [0.25, 0.3) is 0 Å². The lowest BCUT2D eigenvalue weighted by molar-refractivity contribution is -0.870. The highest BCUT2D eigenvalue weighted by Gasteiger charge is 2.27. The van der Waals surface area contributed by atoms with Crippen molar-refractivity contribution in [1.82, 2.24) is 0 Å². The van der Waals surface area contributed by atoms with Crippen LogP contribution in [-0.4, -0.2) is 82.3 Å². The molecule has 0 aromatic carbocycles. The highest BCUT2D eigenvalue weighted by atomic mass is 32.5. The molecule has 0 amide bonds. The van der Waals surface area contributed by atoms with Gasteiger partial charge in [-0.3, -0.25) is 18.6 Å². The summed E-state index contributed by atoms with van der Waals surface area (Å²) in [5.74, 6) is -0.782. The van der Waals surface area contributed by atoms with Crippen molar-refractivity contribution < 1.29 is 42.1 Å². The standard InChI is InChI=1S/C44H88NO8P.CH5PS/c1-6-8-10-12-14-16-18-20-22-24-26-28-30-32-34-36-43(46)50-40-42(41-52-54(48,49)51-39-38-45(3,4)5)53-44(47)37-35-33-31-29-27-25-23-21-19-17-15-13-11-9-7-2;1-3-2/h42H,6-41H2,1-5H3;2-3H,1H3/p+1/t42-;/m1./s1/i;3D. The molecule has 12 heteroatoms. The number of hydrogen-bond donors (Lipinski definition) is 2. The first-order chi connectivity index (χ1) is 27.7. The monoisotopic (exact) mass is 872 g/mol. The minimum atomic E-state index is -4.37. The molecular weight excluding hydrogens is 777 g/mol. The quantitative estimate of drug-likeness (QED) is 0.0205. The zero-order valence-corrected chi connectivity index (χ0v) is 40.9. The Morgan fingerprint density at radius 2 is 0.912 bits per heavy atom. The van der Waals surface area contributed by atoms with Crippen LogP contribution in [0.4, 0.5) is 0 Å². The van der Waals surface area contributed by atoms with Gasteiger partial charge in [-0.1, -0.05) is 202 Å². The number of likely N-dealkylation sites (N-methyl/N-ethyl adjacent to an activating group) is 1. The lowest BCUT2D eigenvalue weighted by Crippen LogP contribution is -2.37. The van der Waals surface area contributed by atoms with E-state index in [1.807, 2.05) is 21.1 Å². The van der Waals surface area contributed by atoms with Gasteiger partial charge < -0.3 is 18.9 Å². The minimum Gasteiger partial charge on any atom is -0.462 e. The molecule has 0 aliphatic rings. The van der Waals surface area contributed by atoms with Crippen molar-refractivity contribution in [2.24, 2.45) is 0 Å². The van der Waals surface area contributed by atoms with Gasteiger partial charge >= 0.3 is 19.8 Å². The van der Waals surface area contributed by atoms with Crippen LogP contribution in [0.1, 0.15) is 219 Å². The molecule has 0 aromatic rings. The topological polar surface area (TPSA) is 108 Å². The van der Waals surface area contributed by atoms with Gasteiger partial charge in [-0.05, 0) is 19.1 Å². The molecule has 0 radical (unpaired) electrons. The number of phosphoric ester groups is 1. The lowest BCUT2D eigenvalue weighted by atomic mass is 10.0. The molecule has 0 fully saturated rings. The molecule has 0 heterocycles. The van der Waals surface area contributed by atoms with Crippen LogP contribution >= 0.6 is 15.8 Å². The molecule has 0 saturated heterocycles. The molecule has 1 N–H and O–H groups in total. The van der Waals surface area contributed by atoms with Crippen molar-refractivity contribution in [2.45, 2.75) is 225 Å². The largest absolute Gasteiger partial charge is 0.472 e. The highest BCUT2D eigenvalue weighted by molar-refractivity contribution is 8.01. The van der Waals surface area contributed by atoms with E-state index in [0.29, 0.717) is 17.4 Å². The fourth-order valence-corrected chi connectivity index (χ4v) is 7.29. The Hall–Kier alpha value is -0.340. The summed E-state index contributed by atoms with van der Waals surface area (Å²) in [6, 6.07) is 0. The molecule has 342 valence electrons. The van der Waals surface area contributed by atoms with E-state index in [9.17, 15) is 19.0 Å². The van der Waals surface area contributed by atoms with E-state index in [0.717, 1.165) is 38.5 Å². The normalized spacial score (nSPS) is 13.9. The Morgan fingerprint density at radius 3 is 1.25 bits per heavy atom. The third-order valence-corrected chi connectivity index (χ3v) is 11.1. The van der Waals surface area contributed by atoms with E-state index in [-0.39, 0.29) is 36.4 Å². The number of hydrogen-bond acceptors (Lipinski definition) is 7. The van der Waals surface area contributed by atoms with Crippen molar-refractivity contribution in [1.29, 1.82) is 1.12 Å². The molecule has 9 nitrogen and oxygen atoms in total. The second-order valence-electron chi connectivity index (χ2n) is 17.0. The van der Waals surface area contributed by atoms with Gasteiger partial charge in [0.05, 0.1) is 27.7 Å². The molecule has 0 bridgehead atoms. The zero-order valence-electron chi connectivity index (χ0n) is 39.1. The van der Waals surface area contributed by atoms with Crippen molar-refractivity contribution in [3.8, 4) is 0 Å². The molecule has 2 unspecified atom stereocenters. The first-order valence-electron chi connectivity index (χ1n) is 23.8. The molecule has 0 aliphatic heterocycles. The summed E-state index contributed by atoms with van der Waals surface area (Å²) in [4.78, 5) is 35.4. The second kappa shape index (κ2) is 43.7. The van der Waals surface area contributed by atoms with Gasteiger partial charge in [-0.2, -0.15) is 10.8 Å². The summed E-state index contributed by atoms with van der Waals surface area (Å²) in [6.45, 7) is 4.46. The number of unbranched alkanes of at least 4 members (excludes halogenated alkanes) is 28. The number of carbonyl (C=O) groups is 2. The van der Waals surface area contributed by atoms with Crippen LogP contribution in [0.5, 0.6) is 0 Å². The van der Waals surface area contributed by atoms with Crippen LogP contribution in [0.15, 0.2) is 0 Å². The Kier molecular flexibility index (Phi) is 43.5. The van der Waals surface area contributed by atoms with Gasteiger partial charge in [-0.25, -0.2) is 4.57 Å². The van der Waals surface area contributed by atoms with E-state index in [2.05, 4.69) is 21.9 Å². The molecule has 0 aromatic heterocycles. The summed E-state index contributed by atoms with van der Waals surface area (Å²) in [5.41, 5.74) is 0. The van der Waals surface area contributed by atoms with E-state index in [4.69, 9.17) is 19.6 Å². The summed E-state index contributed by atoms with van der Waals surface area (Å²) >= 11 is 0. The summed E-state index contributed by atoms with van der Waals surface area (Å²) in [7, 11) is 4.19. The number of phosphoric acid groups is 1. The maximum atomic E-state index is 12.7. The molecule has 0 rings (SSSR count). The Balaban J connectivity index is 0. The Morgan fingerprint density at radius 1 is 0.596 bits per heavy atom. The SMILES string of the molecule is CCCCCCCCCCCCCCCCCC(=O)OC[C@H](COP(=O)(O)OCC[N+](C)(C)C)OC(=O)CCCCCCCCCCCCCCCCC.[2H]S(C)=P. The lowest BCUT2D eigenvalue weighted by Gasteiger charge is -2.24. The molecular formula is C45H94NO8P2S+. The molecule has 0 aliphatic carbocycles. The van der Waals surface area contributed by atoms with Crippen LogP contribution < -0.4 is 0 Å². The van der Waals surface area contributed by atoms with E-state index < -0.39 is 26.5 Å². The number of ether oxygens (including phenoxy) is 2. The molecule has 57 heavy (non-hydrogen) atoms. The smallest absolute Gasteiger partial charge is 0.462 e. The Labute approximate surface area is 359 Å². The van der Waals surface area contributed by atoms with Crippen LogP contribution in [0.25, 0.3) is 0 Å². The third kappa shape index (κ3) is 49.9. The first-order valence-corrected chi connectivity index (χ1v) is 27.3. The fraction of sp³-hybridized carbons (Fsp3) is 0.956. The Bertz CT molecular complexity index is 1000. The van der Waals surface area contributed by atoms with E-state index in [1.54, 1.807) is 6.26 Å².